The number of ether oxygens (including phenoxy) is 1. The van der Waals surface area contributed by atoms with Gasteiger partial charge in [0.15, 0.2) is 0 Å². The Morgan fingerprint density at radius 3 is 2.68 bits per heavy atom. The monoisotopic (exact) mass is 288 g/mol. The lowest BCUT2D eigenvalue weighted by Crippen LogP contribution is -2.28. The fourth-order valence-electron chi connectivity index (χ4n) is 1.42. The summed E-state index contributed by atoms with van der Waals surface area (Å²) in [5, 5.41) is 11.4. The van der Waals surface area contributed by atoms with Gasteiger partial charge in [0.2, 0.25) is 0 Å². The van der Waals surface area contributed by atoms with Crippen molar-refractivity contribution in [3.05, 3.63) is 35.9 Å². The van der Waals surface area contributed by atoms with E-state index in [-0.39, 0.29) is 31.7 Å². The van der Waals surface area contributed by atoms with Gasteiger partial charge in [-0.1, -0.05) is 30.3 Å². The van der Waals surface area contributed by atoms with Gasteiger partial charge in [0.05, 0.1) is 6.61 Å². The first-order valence-electron chi connectivity index (χ1n) is 6.03. The number of aliphatic hydroxyl groups is 1. The van der Waals surface area contributed by atoms with Gasteiger partial charge in [0.1, 0.15) is 6.61 Å². The molecule has 0 spiro atoms. The fourth-order valence-corrected chi connectivity index (χ4v) is 1.42. The Labute approximate surface area is 119 Å². The van der Waals surface area contributed by atoms with E-state index in [0.717, 1.165) is 12.0 Å². The Morgan fingerprint density at radius 1 is 1.37 bits per heavy atom. The second kappa shape index (κ2) is 10.6. The molecule has 6 heteroatoms. The largest absolute Gasteiger partial charge is 0.445 e. The Bertz CT molecular complexity index is 349. The van der Waals surface area contributed by atoms with Crippen LogP contribution in [0, 0.1) is 0 Å². The summed E-state index contributed by atoms with van der Waals surface area (Å²) in [5.74, 6) is 0. The van der Waals surface area contributed by atoms with Gasteiger partial charge in [0.25, 0.3) is 0 Å². The minimum Gasteiger partial charge on any atom is -0.445 e. The molecule has 1 aromatic carbocycles. The molecule has 1 aromatic rings. The van der Waals surface area contributed by atoms with Crippen LogP contribution in [0.15, 0.2) is 30.3 Å². The van der Waals surface area contributed by atoms with Crippen molar-refractivity contribution >= 4 is 18.5 Å². The first-order chi connectivity index (χ1) is 8.72. The summed E-state index contributed by atoms with van der Waals surface area (Å²) in [6, 6.07) is 9.28. The number of hydrogen-bond donors (Lipinski definition) is 3. The van der Waals surface area contributed by atoms with E-state index in [2.05, 4.69) is 5.32 Å². The summed E-state index contributed by atoms with van der Waals surface area (Å²) < 4.78 is 5.03. The minimum absolute atomic E-state index is 0. The van der Waals surface area contributed by atoms with E-state index in [1.165, 1.54) is 0 Å². The number of nitrogens with two attached hydrogens (primary N) is 1. The summed E-state index contributed by atoms with van der Waals surface area (Å²) in [7, 11) is 0. The molecule has 0 bridgehead atoms. The quantitative estimate of drug-likeness (QED) is 0.663. The van der Waals surface area contributed by atoms with Crippen molar-refractivity contribution in [2.24, 2.45) is 5.73 Å². The van der Waals surface area contributed by atoms with Crippen molar-refractivity contribution in [1.82, 2.24) is 5.32 Å². The van der Waals surface area contributed by atoms with Crippen LogP contribution in [0.1, 0.15) is 18.4 Å². The topological polar surface area (TPSA) is 84.6 Å². The highest BCUT2D eigenvalue weighted by Gasteiger charge is 2.03. The fraction of sp³-hybridized carbons (Fsp3) is 0.462. The van der Waals surface area contributed by atoms with E-state index in [1.54, 1.807) is 0 Å². The van der Waals surface area contributed by atoms with E-state index in [4.69, 9.17) is 15.6 Å². The van der Waals surface area contributed by atoms with E-state index in [9.17, 15) is 4.79 Å². The van der Waals surface area contributed by atoms with Gasteiger partial charge < -0.3 is 20.9 Å². The molecule has 0 aromatic heterocycles. The van der Waals surface area contributed by atoms with Gasteiger partial charge in [-0.2, -0.15) is 0 Å². The van der Waals surface area contributed by atoms with E-state index in [0.29, 0.717) is 13.0 Å². The molecule has 0 radical (unpaired) electrons. The molecule has 5 nitrogen and oxygen atoms in total. The molecule has 4 N–H and O–H groups in total. The number of rotatable bonds is 7. The van der Waals surface area contributed by atoms with Crippen LogP contribution >= 0.6 is 12.4 Å². The van der Waals surface area contributed by atoms with Gasteiger partial charge in [-0.25, -0.2) is 4.79 Å². The standard InChI is InChI=1S/C13H20N2O3.ClH/c14-12(9-16)7-4-8-15-13(17)18-10-11-5-2-1-3-6-11;/h1-3,5-6,12,16H,4,7-10,14H2,(H,15,17);1H/t12-;/m0./s1. The highest BCUT2D eigenvalue weighted by atomic mass is 35.5. The Balaban J connectivity index is 0.00000324. The lowest BCUT2D eigenvalue weighted by Gasteiger charge is -2.09. The average Bonchev–Trinajstić information content (AvgIpc) is 2.42. The SMILES string of the molecule is Cl.N[C@H](CO)CCCNC(=O)OCc1ccccc1. The normalized spacial score (nSPS) is 11.3. The Kier molecular flexibility index (Phi) is 9.88. The zero-order valence-electron chi connectivity index (χ0n) is 10.7. The zero-order chi connectivity index (χ0) is 13.2. The van der Waals surface area contributed by atoms with Crippen molar-refractivity contribution in [2.75, 3.05) is 13.2 Å². The molecular weight excluding hydrogens is 268 g/mol. The van der Waals surface area contributed by atoms with E-state index in [1.807, 2.05) is 30.3 Å². The summed E-state index contributed by atoms with van der Waals surface area (Å²) >= 11 is 0. The van der Waals surface area contributed by atoms with Crippen molar-refractivity contribution in [1.29, 1.82) is 0 Å². The molecule has 0 aliphatic rings. The van der Waals surface area contributed by atoms with Gasteiger partial charge >= 0.3 is 6.09 Å². The number of carbonyl (C=O) groups is 1. The van der Waals surface area contributed by atoms with Gasteiger partial charge in [0, 0.05) is 12.6 Å². The van der Waals surface area contributed by atoms with E-state index < -0.39 is 6.09 Å². The van der Waals surface area contributed by atoms with Crippen molar-refractivity contribution in [3.8, 4) is 0 Å². The maximum absolute atomic E-state index is 11.3. The van der Waals surface area contributed by atoms with Crippen LogP contribution in [0.2, 0.25) is 0 Å². The molecule has 1 atom stereocenters. The van der Waals surface area contributed by atoms with Gasteiger partial charge in [-0.05, 0) is 18.4 Å². The maximum Gasteiger partial charge on any atom is 0.407 e. The number of hydrogen-bond acceptors (Lipinski definition) is 4. The third kappa shape index (κ3) is 8.42. The molecule has 1 amide bonds. The van der Waals surface area contributed by atoms with E-state index >= 15 is 0 Å². The number of alkyl carbamates (subject to hydrolysis) is 1. The second-order valence-corrected chi connectivity index (χ2v) is 4.07. The second-order valence-electron chi connectivity index (χ2n) is 4.07. The number of aliphatic hydroxyl groups excluding tert-OH is 1. The van der Waals surface area contributed by atoms with Crippen LogP contribution in [0.4, 0.5) is 4.79 Å². The molecule has 1 rings (SSSR count). The maximum atomic E-state index is 11.3. The summed E-state index contributed by atoms with van der Waals surface area (Å²) in [5.41, 5.74) is 6.48. The Hall–Kier alpha value is -1.30. The predicted molar refractivity (Wildman–Crippen MR) is 76.2 cm³/mol. The third-order valence-electron chi connectivity index (χ3n) is 2.47. The smallest absolute Gasteiger partial charge is 0.407 e. The highest BCUT2D eigenvalue weighted by molar-refractivity contribution is 5.85. The number of benzene rings is 1. The summed E-state index contributed by atoms with van der Waals surface area (Å²) in [6.07, 6.45) is 0.967. The minimum atomic E-state index is -0.434. The lowest BCUT2D eigenvalue weighted by molar-refractivity contribution is 0.139. The molecule has 0 unspecified atom stereocenters. The first kappa shape index (κ1) is 17.7. The molecule has 19 heavy (non-hydrogen) atoms. The number of amides is 1. The molecule has 108 valence electrons. The molecule has 0 heterocycles. The molecular formula is C13H21ClN2O3. The van der Waals surface area contributed by atoms with Crippen LogP contribution in [-0.2, 0) is 11.3 Å². The molecule has 0 saturated carbocycles. The number of carbonyl (C=O) groups excluding carboxylic acids is 1. The summed E-state index contributed by atoms with van der Waals surface area (Å²) in [6.45, 7) is 0.739. The summed E-state index contributed by atoms with van der Waals surface area (Å²) in [4.78, 5) is 11.3. The van der Waals surface area contributed by atoms with Crippen LogP contribution < -0.4 is 11.1 Å². The van der Waals surface area contributed by atoms with Crippen molar-refractivity contribution < 1.29 is 14.6 Å². The number of halogens is 1. The molecule has 0 aliphatic heterocycles. The Morgan fingerprint density at radius 2 is 2.05 bits per heavy atom. The van der Waals surface area contributed by atoms with Gasteiger partial charge in [-0.3, -0.25) is 0 Å². The number of nitrogens with one attached hydrogen (secondary N) is 1. The zero-order valence-corrected chi connectivity index (χ0v) is 11.6. The van der Waals surface area contributed by atoms with Crippen LogP contribution in [0.25, 0.3) is 0 Å². The highest BCUT2D eigenvalue weighted by Crippen LogP contribution is 2.00. The first-order valence-corrected chi connectivity index (χ1v) is 6.03. The van der Waals surface area contributed by atoms with Crippen LogP contribution in [-0.4, -0.2) is 30.4 Å². The van der Waals surface area contributed by atoms with Crippen molar-refractivity contribution in [2.45, 2.75) is 25.5 Å². The average molecular weight is 289 g/mol. The molecule has 0 fully saturated rings. The third-order valence-corrected chi connectivity index (χ3v) is 2.47. The van der Waals surface area contributed by atoms with Gasteiger partial charge in [-0.15, -0.1) is 12.4 Å². The van der Waals surface area contributed by atoms with Crippen LogP contribution in [0.5, 0.6) is 0 Å². The van der Waals surface area contributed by atoms with Crippen LogP contribution in [0.3, 0.4) is 0 Å². The molecule has 0 saturated heterocycles. The van der Waals surface area contributed by atoms with Crippen molar-refractivity contribution in [3.63, 3.8) is 0 Å². The molecule has 0 aliphatic carbocycles. The predicted octanol–water partition coefficient (Wildman–Crippen LogP) is 1.43. The lowest BCUT2D eigenvalue weighted by atomic mass is 10.2.